The molecule has 0 unspecified atom stereocenters. The van der Waals surface area contributed by atoms with Crippen molar-refractivity contribution in [3.8, 4) is 0 Å². The van der Waals surface area contributed by atoms with Crippen LogP contribution in [-0.4, -0.2) is 30.3 Å². The van der Waals surface area contributed by atoms with Crippen molar-refractivity contribution in [2.75, 3.05) is 19.6 Å². The minimum atomic E-state index is 0.299. The SMILES string of the molecule is CC(C)Cc1ccc(C(=O)CCCCN2CCC(C)CC2)cc1. The standard InChI is InChI=1S/C21H33NO/c1-17(2)16-19-7-9-20(10-8-19)21(23)6-4-5-13-22-14-11-18(3)12-15-22/h7-10,17-18H,4-6,11-16H2,1-3H3. The summed E-state index contributed by atoms with van der Waals surface area (Å²) in [5, 5.41) is 0. The molecule has 0 amide bonds. The number of nitrogens with zero attached hydrogens (tertiary/aromatic N) is 1. The van der Waals surface area contributed by atoms with Crippen LogP contribution in [0.4, 0.5) is 0 Å². The molecule has 1 aliphatic rings. The summed E-state index contributed by atoms with van der Waals surface area (Å²) in [5.74, 6) is 1.86. The Labute approximate surface area is 142 Å². The Morgan fingerprint density at radius 1 is 1.13 bits per heavy atom. The molecular weight excluding hydrogens is 282 g/mol. The minimum Gasteiger partial charge on any atom is -0.303 e. The first kappa shape index (κ1) is 18.2. The largest absolute Gasteiger partial charge is 0.303 e. The number of Topliss-reactive ketones (excluding diaryl/α,β-unsaturated/α-hetero) is 1. The molecule has 2 nitrogen and oxygen atoms in total. The summed E-state index contributed by atoms with van der Waals surface area (Å²) >= 11 is 0. The Balaban J connectivity index is 1.66. The van der Waals surface area contributed by atoms with Gasteiger partial charge in [-0.2, -0.15) is 0 Å². The molecule has 2 rings (SSSR count). The van der Waals surface area contributed by atoms with Gasteiger partial charge < -0.3 is 4.90 Å². The third kappa shape index (κ3) is 6.47. The zero-order chi connectivity index (χ0) is 16.7. The number of carbonyl (C=O) groups excluding carboxylic acids is 1. The highest BCUT2D eigenvalue weighted by Gasteiger charge is 2.15. The Hall–Kier alpha value is -1.15. The van der Waals surface area contributed by atoms with Crippen molar-refractivity contribution in [2.24, 2.45) is 11.8 Å². The Morgan fingerprint density at radius 2 is 1.78 bits per heavy atom. The summed E-state index contributed by atoms with van der Waals surface area (Å²) in [4.78, 5) is 14.8. The van der Waals surface area contributed by atoms with Crippen molar-refractivity contribution in [2.45, 2.75) is 59.3 Å². The van der Waals surface area contributed by atoms with Crippen LogP contribution in [0.5, 0.6) is 0 Å². The first-order valence-corrected chi connectivity index (χ1v) is 9.39. The third-order valence-corrected chi connectivity index (χ3v) is 4.92. The summed E-state index contributed by atoms with van der Waals surface area (Å²) < 4.78 is 0. The smallest absolute Gasteiger partial charge is 0.162 e. The van der Waals surface area contributed by atoms with E-state index < -0.39 is 0 Å². The maximum absolute atomic E-state index is 12.3. The molecule has 0 aliphatic carbocycles. The van der Waals surface area contributed by atoms with Crippen LogP contribution in [0, 0.1) is 11.8 Å². The van der Waals surface area contributed by atoms with Crippen LogP contribution in [0.25, 0.3) is 0 Å². The molecular formula is C21H33NO. The van der Waals surface area contributed by atoms with E-state index in [-0.39, 0.29) is 0 Å². The molecule has 0 N–H and O–H groups in total. The summed E-state index contributed by atoms with van der Waals surface area (Å²) in [5.41, 5.74) is 2.21. The second kappa shape index (κ2) is 9.22. The number of ketones is 1. The Bertz CT molecular complexity index is 469. The average molecular weight is 316 g/mol. The fourth-order valence-electron chi connectivity index (χ4n) is 3.35. The fraction of sp³-hybridized carbons (Fsp3) is 0.667. The highest BCUT2D eigenvalue weighted by Crippen LogP contribution is 2.17. The lowest BCUT2D eigenvalue weighted by Crippen LogP contribution is -2.33. The van der Waals surface area contributed by atoms with E-state index in [0.29, 0.717) is 18.1 Å². The van der Waals surface area contributed by atoms with Gasteiger partial charge in [-0.1, -0.05) is 45.0 Å². The lowest BCUT2D eigenvalue weighted by molar-refractivity contribution is 0.0977. The molecule has 1 aromatic rings. The summed E-state index contributed by atoms with van der Waals surface area (Å²) in [6, 6.07) is 8.24. The minimum absolute atomic E-state index is 0.299. The Kier molecular flexibility index (Phi) is 7.29. The average Bonchev–Trinajstić information content (AvgIpc) is 2.53. The van der Waals surface area contributed by atoms with Gasteiger partial charge in [0.25, 0.3) is 0 Å². The van der Waals surface area contributed by atoms with Crippen molar-refractivity contribution < 1.29 is 4.79 Å². The molecule has 0 saturated carbocycles. The number of piperidine rings is 1. The van der Waals surface area contributed by atoms with Crippen molar-refractivity contribution in [3.05, 3.63) is 35.4 Å². The van der Waals surface area contributed by atoms with Gasteiger partial charge in [0.15, 0.2) is 5.78 Å². The highest BCUT2D eigenvalue weighted by molar-refractivity contribution is 5.96. The van der Waals surface area contributed by atoms with Crippen LogP contribution >= 0.6 is 0 Å². The monoisotopic (exact) mass is 315 g/mol. The predicted octanol–water partition coefficient (Wildman–Crippen LogP) is 4.97. The second-order valence-corrected chi connectivity index (χ2v) is 7.70. The van der Waals surface area contributed by atoms with E-state index in [0.717, 1.165) is 37.3 Å². The van der Waals surface area contributed by atoms with Gasteiger partial charge in [0.05, 0.1) is 0 Å². The molecule has 0 radical (unpaired) electrons. The first-order valence-electron chi connectivity index (χ1n) is 9.39. The van der Waals surface area contributed by atoms with Gasteiger partial charge in [-0.3, -0.25) is 4.79 Å². The van der Waals surface area contributed by atoms with Gasteiger partial charge in [0.1, 0.15) is 0 Å². The zero-order valence-electron chi connectivity index (χ0n) is 15.2. The van der Waals surface area contributed by atoms with E-state index in [9.17, 15) is 4.79 Å². The van der Waals surface area contributed by atoms with E-state index in [4.69, 9.17) is 0 Å². The van der Waals surface area contributed by atoms with E-state index in [1.54, 1.807) is 0 Å². The summed E-state index contributed by atoms with van der Waals surface area (Å²) in [6.07, 6.45) is 6.60. The molecule has 1 aliphatic heterocycles. The van der Waals surface area contributed by atoms with Crippen LogP contribution in [0.3, 0.4) is 0 Å². The number of rotatable bonds is 8. The normalized spacial score (nSPS) is 16.9. The van der Waals surface area contributed by atoms with Crippen molar-refractivity contribution in [3.63, 3.8) is 0 Å². The van der Waals surface area contributed by atoms with E-state index in [2.05, 4.69) is 37.8 Å². The number of hydrogen-bond donors (Lipinski definition) is 0. The predicted molar refractivity (Wildman–Crippen MR) is 98.0 cm³/mol. The van der Waals surface area contributed by atoms with Gasteiger partial charge >= 0.3 is 0 Å². The second-order valence-electron chi connectivity index (χ2n) is 7.70. The molecule has 128 valence electrons. The number of likely N-dealkylation sites (tertiary alicyclic amines) is 1. The lowest BCUT2D eigenvalue weighted by Gasteiger charge is -2.30. The van der Waals surface area contributed by atoms with Gasteiger partial charge in [0, 0.05) is 12.0 Å². The third-order valence-electron chi connectivity index (χ3n) is 4.92. The molecule has 1 aromatic carbocycles. The van der Waals surface area contributed by atoms with E-state index in [1.807, 2.05) is 12.1 Å². The maximum atomic E-state index is 12.3. The van der Waals surface area contributed by atoms with Crippen LogP contribution < -0.4 is 0 Å². The van der Waals surface area contributed by atoms with Gasteiger partial charge in [-0.25, -0.2) is 0 Å². The number of unbranched alkanes of at least 4 members (excludes halogenated alkanes) is 1. The topological polar surface area (TPSA) is 20.3 Å². The van der Waals surface area contributed by atoms with Crippen LogP contribution in [0.1, 0.15) is 68.8 Å². The quantitative estimate of drug-likeness (QED) is 0.498. The molecule has 0 spiro atoms. The molecule has 1 saturated heterocycles. The zero-order valence-corrected chi connectivity index (χ0v) is 15.2. The Morgan fingerprint density at radius 3 is 2.39 bits per heavy atom. The van der Waals surface area contributed by atoms with Crippen LogP contribution in [-0.2, 0) is 6.42 Å². The highest BCUT2D eigenvalue weighted by atomic mass is 16.1. The number of benzene rings is 1. The van der Waals surface area contributed by atoms with Crippen molar-refractivity contribution >= 4 is 5.78 Å². The number of hydrogen-bond acceptors (Lipinski definition) is 2. The van der Waals surface area contributed by atoms with Crippen molar-refractivity contribution in [1.82, 2.24) is 4.90 Å². The molecule has 1 heterocycles. The molecule has 0 atom stereocenters. The maximum Gasteiger partial charge on any atom is 0.162 e. The molecule has 0 aromatic heterocycles. The molecule has 0 bridgehead atoms. The van der Waals surface area contributed by atoms with E-state index >= 15 is 0 Å². The fourth-order valence-corrected chi connectivity index (χ4v) is 3.35. The van der Waals surface area contributed by atoms with E-state index in [1.165, 1.54) is 31.5 Å². The van der Waals surface area contributed by atoms with Crippen molar-refractivity contribution in [1.29, 1.82) is 0 Å². The number of carbonyl (C=O) groups is 1. The van der Waals surface area contributed by atoms with Crippen LogP contribution in [0.15, 0.2) is 24.3 Å². The van der Waals surface area contributed by atoms with Gasteiger partial charge in [-0.15, -0.1) is 0 Å². The summed E-state index contributed by atoms with van der Waals surface area (Å²) in [6.45, 7) is 10.4. The van der Waals surface area contributed by atoms with Crippen LogP contribution in [0.2, 0.25) is 0 Å². The molecule has 1 fully saturated rings. The summed E-state index contributed by atoms with van der Waals surface area (Å²) in [7, 11) is 0. The van der Waals surface area contributed by atoms with Gasteiger partial charge in [0.2, 0.25) is 0 Å². The molecule has 2 heteroatoms. The first-order chi connectivity index (χ1) is 11.0. The lowest BCUT2D eigenvalue weighted by atomic mass is 9.98. The molecule has 23 heavy (non-hydrogen) atoms. The van der Waals surface area contributed by atoms with Gasteiger partial charge in [-0.05, 0) is 69.1 Å².